The highest BCUT2D eigenvalue weighted by atomic mass is 19.4. The van der Waals surface area contributed by atoms with Crippen LogP contribution in [-0.4, -0.2) is 31.2 Å². The first-order valence-electron chi connectivity index (χ1n) is 8.43. The molecule has 2 fully saturated rings. The number of piperidine rings is 1. The van der Waals surface area contributed by atoms with E-state index in [4.69, 9.17) is 0 Å². The van der Waals surface area contributed by atoms with E-state index in [1.165, 1.54) is 0 Å². The number of halogens is 3. The molecule has 2 rings (SSSR count). The molecule has 0 spiro atoms. The lowest BCUT2D eigenvalue weighted by Gasteiger charge is -2.32. The minimum atomic E-state index is -4.13. The summed E-state index contributed by atoms with van der Waals surface area (Å²) < 4.78 is 38.4. The third-order valence-electron chi connectivity index (χ3n) is 5.15. The van der Waals surface area contributed by atoms with E-state index in [-0.39, 0.29) is 30.7 Å². The van der Waals surface area contributed by atoms with Crippen molar-refractivity contribution in [3.8, 4) is 0 Å². The lowest BCUT2D eigenvalue weighted by atomic mass is 9.84. The monoisotopic (exact) mass is 320 g/mol. The standard InChI is InChI=1S/C16H27F3N2O/c1-11(12-4-3-7-20-10-12)8-15(22)21-14-6-2-5-13(9-14)16(17,18)19/h11-14,20H,2-10H2,1H3,(H,21,22). The van der Waals surface area contributed by atoms with Crippen LogP contribution in [0.2, 0.25) is 0 Å². The van der Waals surface area contributed by atoms with Gasteiger partial charge in [-0.3, -0.25) is 4.79 Å². The van der Waals surface area contributed by atoms with E-state index in [0.29, 0.717) is 25.2 Å². The smallest absolute Gasteiger partial charge is 0.353 e. The quantitative estimate of drug-likeness (QED) is 0.835. The van der Waals surface area contributed by atoms with Gasteiger partial charge >= 0.3 is 6.18 Å². The second-order valence-electron chi connectivity index (χ2n) is 6.96. The van der Waals surface area contributed by atoms with Gasteiger partial charge < -0.3 is 10.6 Å². The van der Waals surface area contributed by atoms with Crippen molar-refractivity contribution >= 4 is 5.91 Å². The molecular weight excluding hydrogens is 293 g/mol. The van der Waals surface area contributed by atoms with E-state index >= 15 is 0 Å². The van der Waals surface area contributed by atoms with E-state index < -0.39 is 12.1 Å². The van der Waals surface area contributed by atoms with Gasteiger partial charge in [0, 0.05) is 12.5 Å². The van der Waals surface area contributed by atoms with Crippen LogP contribution in [0.5, 0.6) is 0 Å². The summed E-state index contributed by atoms with van der Waals surface area (Å²) in [4.78, 5) is 12.1. The maximum Gasteiger partial charge on any atom is 0.391 e. The Labute approximate surface area is 130 Å². The summed E-state index contributed by atoms with van der Waals surface area (Å²) in [5.41, 5.74) is 0. The molecule has 1 saturated carbocycles. The normalized spacial score (nSPS) is 31.5. The number of amides is 1. The molecule has 0 radical (unpaired) electrons. The molecule has 0 aromatic heterocycles. The molecule has 1 aliphatic heterocycles. The molecule has 1 amide bonds. The van der Waals surface area contributed by atoms with Crippen molar-refractivity contribution in [2.75, 3.05) is 13.1 Å². The fourth-order valence-electron chi connectivity index (χ4n) is 3.73. The van der Waals surface area contributed by atoms with Crippen molar-refractivity contribution in [3.63, 3.8) is 0 Å². The van der Waals surface area contributed by atoms with E-state index in [0.717, 1.165) is 25.9 Å². The van der Waals surface area contributed by atoms with Crippen LogP contribution in [0.4, 0.5) is 13.2 Å². The lowest BCUT2D eigenvalue weighted by molar-refractivity contribution is -0.184. The Morgan fingerprint density at radius 1 is 1.27 bits per heavy atom. The zero-order valence-electron chi connectivity index (χ0n) is 13.2. The fourth-order valence-corrected chi connectivity index (χ4v) is 3.73. The summed E-state index contributed by atoms with van der Waals surface area (Å²) in [5, 5.41) is 6.17. The molecule has 1 aliphatic carbocycles. The van der Waals surface area contributed by atoms with Crippen LogP contribution in [0.1, 0.15) is 51.9 Å². The number of nitrogens with one attached hydrogen (secondary N) is 2. The third kappa shape index (κ3) is 5.14. The molecule has 22 heavy (non-hydrogen) atoms. The predicted octanol–water partition coefficient (Wildman–Crippen LogP) is 3.25. The van der Waals surface area contributed by atoms with Gasteiger partial charge in [-0.25, -0.2) is 0 Å². The summed E-state index contributed by atoms with van der Waals surface area (Å²) in [6.45, 7) is 4.04. The fraction of sp³-hybridized carbons (Fsp3) is 0.938. The summed E-state index contributed by atoms with van der Waals surface area (Å²) in [5.74, 6) is -0.582. The first-order valence-corrected chi connectivity index (χ1v) is 8.43. The van der Waals surface area contributed by atoms with Crippen LogP contribution in [0.3, 0.4) is 0 Å². The van der Waals surface area contributed by atoms with Crippen LogP contribution in [0.25, 0.3) is 0 Å². The van der Waals surface area contributed by atoms with Crippen molar-refractivity contribution in [1.29, 1.82) is 0 Å². The Kier molecular flexibility index (Phi) is 6.12. The predicted molar refractivity (Wildman–Crippen MR) is 79.3 cm³/mol. The first-order chi connectivity index (χ1) is 10.4. The molecule has 128 valence electrons. The van der Waals surface area contributed by atoms with Crippen molar-refractivity contribution in [2.45, 2.75) is 64.1 Å². The number of rotatable bonds is 4. The Hall–Kier alpha value is -0.780. The molecule has 1 heterocycles. The van der Waals surface area contributed by atoms with Crippen molar-refractivity contribution in [2.24, 2.45) is 17.8 Å². The van der Waals surface area contributed by atoms with Gasteiger partial charge in [-0.1, -0.05) is 13.3 Å². The number of hydrogen-bond donors (Lipinski definition) is 2. The highest BCUT2D eigenvalue weighted by Crippen LogP contribution is 2.37. The highest BCUT2D eigenvalue weighted by Gasteiger charge is 2.42. The van der Waals surface area contributed by atoms with E-state index in [1.54, 1.807) is 0 Å². The van der Waals surface area contributed by atoms with Crippen molar-refractivity contribution in [3.05, 3.63) is 0 Å². The molecule has 0 aromatic carbocycles. The molecule has 4 unspecified atom stereocenters. The highest BCUT2D eigenvalue weighted by molar-refractivity contribution is 5.76. The van der Waals surface area contributed by atoms with Gasteiger partial charge in [-0.2, -0.15) is 13.2 Å². The Morgan fingerprint density at radius 2 is 2.05 bits per heavy atom. The summed E-state index contributed by atoms with van der Waals surface area (Å²) >= 11 is 0. The molecule has 2 N–H and O–H groups in total. The third-order valence-corrected chi connectivity index (χ3v) is 5.15. The van der Waals surface area contributed by atoms with Gasteiger partial charge in [0.05, 0.1) is 5.92 Å². The van der Waals surface area contributed by atoms with E-state index in [9.17, 15) is 18.0 Å². The summed E-state index contributed by atoms with van der Waals surface area (Å²) in [6, 6.07) is -0.315. The number of alkyl halides is 3. The largest absolute Gasteiger partial charge is 0.391 e. The topological polar surface area (TPSA) is 41.1 Å². The van der Waals surface area contributed by atoms with Gasteiger partial charge in [0.1, 0.15) is 0 Å². The second kappa shape index (κ2) is 7.66. The molecule has 0 bridgehead atoms. The SMILES string of the molecule is CC(CC(=O)NC1CCCC(C(F)(F)F)C1)C1CCCNC1. The first kappa shape index (κ1) is 17.6. The molecular formula is C16H27F3N2O. The zero-order chi connectivity index (χ0) is 16.2. The van der Waals surface area contributed by atoms with Crippen molar-refractivity contribution in [1.82, 2.24) is 10.6 Å². The maximum atomic E-state index is 12.8. The minimum Gasteiger partial charge on any atom is -0.353 e. The molecule has 0 aromatic rings. The van der Waals surface area contributed by atoms with Gasteiger partial charge in [0.2, 0.25) is 5.91 Å². The van der Waals surface area contributed by atoms with Crippen LogP contribution in [0, 0.1) is 17.8 Å². The van der Waals surface area contributed by atoms with Gasteiger partial charge in [0.25, 0.3) is 0 Å². The average molecular weight is 320 g/mol. The summed E-state index contributed by atoms with van der Waals surface area (Å²) in [6.07, 6.45) is -0.0267. The molecule has 1 saturated heterocycles. The number of carbonyl (C=O) groups excluding carboxylic acids is 1. The Balaban J connectivity index is 1.76. The summed E-state index contributed by atoms with van der Waals surface area (Å²) in [7, 11) is 0. The molecule has 4 atom stereocenters. The molecule has 3 nitrogen and oxygen atoms in total. The lowest BCUT2D eigenvalue weighted by Crippen LogP contribution is -2.42. The van der Waals surface area contributed by atoms with E-state index in [2.05, 4.69) is 17.6 Å². The van der Waals surface area contributed by atoms with Crippen LogP contribution >= 0.6 is 0 Å². The van der Waals surface area contributed by atoms with E-state index in [1.807, 2.05) is 0 Å². The minimum absolute atomic E-state index is 0.0363. The maximum absolute atomic E-state index is 12.8. The Bertz CT molecular complexity index is 367. The molecule has 6 heteroatoms. The second-order valence-corrected chi connectivity index (χ2v) is 6.96. The zero-order valence-corrected chi connectivity index (χ0v) is 13.2. The number of carbonyl (C=O) groups is 1. The van der Waals surface area contributed by atoms with Crippen molar-refractivity contribution < 1.29 is 18.0 Å². The Morgan fingerprint density at radius 3 is 2.68 bits per heavy atom. The average Bonchev–Trinajstić information content (AvgIpc) is 2.47. The van der Waals surface area contributed by atoms with Crippen LogP contribution < -0.4 is 10.6 Å². The van der Waals surface area contributed by atoms with Crippen LogP contribution in [0.15, 0.2) is 0 Å². The van der Waals surface area contributed by atoms with Gasteiger partial charge in [0.15, 0.2) is 0 Å². The molecule has 2 aliphatic rings. The van der Waals surface area contributed by atoms with Gasteiger partial charge in [-0.05, 0) is 57.0 Å². The van der Waals surface area contributed by atoms with Gasteiger partial charge in [-0.15, -0.1) is 0 Å². The van der Waals surface area contributed by atoms with Crippen LogP contribution in [-0.2, 0) is 4.79 Å². The number of hydrogen-bond acceptors (Lipinski definition) is 2.